The largest absolute Gasteiger partial charge is 0.307 e. The summed E-state index contributed by atoms with van der Waals surface area (Å²) in [5.41, 5.74) is 0.529. The summed E-state index contributed by atoms with van der Waals surface area (Å²) in [6, 6.07) is 7.89. The summed E-state index contributed by atoms with van der Waals surface area (Å²) in [7, 11) is 0. The lowest BCUT2D eigenvalue weighted by Crippen LogP contribution is -2.17. The average Bonchev–Trinajstić information content (AvgIpc) is 3.25. The maximum absolute atomic E-state index is 14.3. The molecule has 0 aliphatic carbocycles. The van der Waals surface area contributed by atoms with Gasteiger partial charge in [0.2, 0.25) is 0 Å². The number of benzene rings is 1. The SMILES string of the molecule is CCC(C)n1nccc1NC(=O)c1ccc(-n2cccn2)c(F)c1. The Morgan fingerprint density at radius 3 is 2.79 bits per heavy atom. The Bertz CT molecular complexity index is 841. The predicted octanol–water partition coefficient (Wildman–Crippen LogP) is 3.43. The standard InChI is InChI=1S/C17H18FN5O/c1-3-12(2)23-16(7-9-20-23)21-17(24)13-5-6-15(14(18)11-13)22-10-4-8-19-22/h4-12H,3H2,1-2H3,(H,21,24). The van der Waals surface area contributed by atoms with Gasteiger partial charge in [0.25, 0.3) is 5.91 Å². The Morgan fingerprint density at radius 2 is 2.12 bits per heavy atom. The molecule has 0 aliphatic heterocycles. The first kappa shape index (κ1) is 15.9. The minimum atomic E-state index is -0.512. The smallest absolute Gasteiger partial charge is 0.256 e. The van der Waals surface area contributed by atoms with Crippen LogP contribution in [-0.4, -0.2) is 25.5 Å². The number of hydrogen-bond acceptors (Lipinski definition) is 3. The van der Waals surface area contributed by atoms with Crippen molar-refractivity contribution < 1.29 is 9.18 Å². The second-order valence-electron chi connectivity index (χ2n) is 5.49. The number of aromatic nitrogens is 4. The molecule has 2 aromatic heterocycles. The molecule has 3 rings (SSSR count). The Hall–Kier alpha value is -2.96. The summed E-state index contributed by atoms with van der Waals surface area (Å²) in [6.07, 6.45) is 5.72. The molecule has 1 N–H and O–H groups in total. The molecule has 3 aromatic rings. The third kappa shape index (κ3) is 3.05. The van der Waals surface area contributed by atoms with Gasteiger partial charge in [-0.05, 0) is 37.6 Å². The van der Waals surface area contributed by atoms with E-state index < -0.39 is 5.82 Å². The molecule has 6 nitrogen and oxygen atoms in total. The third-order valence-corrected chi connectivity index (χ3v) is 3.88. The van der Waals surface area contributed by atoms with Crippen LogP contribution in [0.1, 0.15) is 36.7 Å². The van der Waals surface area contributed by atoms with Crippen LogP contribution in [-0.2, 0) is 0 Å². The summed E-state index contributed by atoms with van der Waals surface area (Å²) in [6.45, 7) is 4.06. The molecule has 7 heteroatoms. The van der Waals surface area contributed by atoms with Gasteiger partial charge >= 0.3 is 0 Å². The molecule has 2 heterocycles. The Morgan fingerprint density at radius 1 is 1.29 bits per heavy atom. The first-order valence-corrected chi connectivity index (χ1v) is 7.74. The average molecular weight is 327 g/mol. The molecule has 1 amide bonds. The van der Waals surface area contributed by atoms with E-state index in [1.54, 1.807) is 41.5 Å². The van der Waals surface area contributed by atoms with Gasteiger partial charge in [-0.3, -0.25) is 4.79 Å². The van der Waals surface area contributed by atoms with Gasteiger partial charge in [-0.1, -0.05) is 6.92 Å². The van der Waals surface area contributed by atoms with E-state index in [-0.39, 0.29) is 17.5 Å². The lowest BCUT2D eigenvalue weighted by Gasteiger charge is -2.14. The van der Waals surface area contributed by atoms with E-state index in [0.717, 1.165) is 6.42 Å². The molecular formula is C17H18FN5O. The first-order chi connectivity index (χ1) is 11.6. The number of hydrogen-bond donors (Lipinski definition) is 1. The monoisotopic (exact) mass is 327 g/mol. The summed E-state index contributed by atoms with van der Waals surface area (Å²) in [5.74, 6) is -0.307. The van der Waals surface area contributed by atoms with E-state index >= 15 is 0 Å². The van der Waals surface area contributed by atoms with Crippen molar-refractivity contribution in [2.24, 2.45) is 0 Å². The molecule has 1 aromatic carbocycles. The predicted molar refractivity (Wildman–Crippen MR) is 88.7 cm³/mol. The van der Waals surface area contributed by atoms with Crippen LogP contribution in [0.4, 0.5) is 10.2 Å². The van der Waals surface area contributed by atoms with Crippen molar-refractivity contribution in [1.29, 1.82) is 0 Å². The molecule has 0 bridgehead atoms. The van der Waals surface area contributed by atoms with Crippen molar-refractivity contribution in [2.45, 2.75) is 26.3 Å². The van der Waals surface area contributed by atoms with Gasteiger partial charge in [0.05, 0.1) is 12.2 Å². The Labute approximate surface area is 138 Å². The maximum atomic E-state index is 14.3. The van der Waals surface area contributed by atoms with Gasteiger partial charge in [-0.2, -0.15) is 10.2 Å². The van der Waals surface area contributed by atoms with Gasteiger partial charge in [0.15, 0.2) is 0 Å². The van der Waals surface area contributed by atoms with Gasteiger partial charge < -0.3 is 5.32 Å². The van der Waals surface area contributed by atoms with E-state index in [1.165, 1.54) is 16.8 Å². The highest BCUT2D eigenvalue weighted by molar-refractivity contribution is 6.03. The number of carbonyl (C=O) groups excluding carboxylic acids is 1. The molecule has 124 valence electrons. The van der Waals surface area contributed by atoms with Crippen molar-refractivity contribution in [3.8, 4) is 5.69 Å². The van der Waals surface area contributed by atoms with Crippen molar-refractivity contribution >= 4 is 11.7 Å². The molecule has 0 radical (unpaired) electrons. The molecule has 0 spiro atoms. The fraction of sp³-hybridized carbons (Fsp3) is 0.235. The molecule has 24 heavy (non-hydrogen) atoms. The first-order valence-electron chi connectivity index (χ1n) is 7.74. The summed E-state index contributed by atoms with van der Waals surface area (Å²) in [4.78, 5) is 12.4. The highest BCUT2D eigenvalue weighted by atomic mass is 19.1. The third-order valence-electron chi connectivity index (χ3n) is 3.88. The summed E-state index contributed by atoms with van der Waals surface area (Å²) < 4.78 is 17.4. The quantitative estimate of drug-likeness (QED) is 0.781. The van der Waals surface area contributed by atoms with E-state index in [4.69, 9.17) is 0 Å². The molecule has 1 unspecified atom stereocenters. The molecular weight excluding hydrogens is 309 g/mol. The second kappa shape index (κ2) is 6.66. The van der Waals surface area contributed by atoms with E-state index in [2.05, 4.69) is 15.5 Å². The van der Waals surface area contributed by atoms with Crippen LogP contribution in [0.15, 0.2) is 48.9 Å². The van der Waals surface area contributed by atoms with E-state index in [9.17, 15) is 9.18 Å². The van der Waals surface area contributed by atoms with Gasteiger partial charge in [-0.25, -0.2) is 13.8 Å². The van der Waals surface area contributed by atoms with Crippen LogP contribution in [0, 0.1) is 5.82 Å². The van der Waals surface area contributed by atoms with Crippen LogP contribution in [0.3, 0.4) is 0 Å². The zero-order valence-electron chi connectivity index (χ0n) is 13.5. The zero-order valence-corrected chi connectivity index (χ0v) is 13.5. The zero-order chi connectivity index (χ0) is 17.1. The highest BCUT2D eigenvalue weighted by Crippen LogP contribution is 2.19. The number of anilines is 1. The maximum Gasteiger partial charge on any atom is 0.256 e. The number of carbonyl (C=O) groups is 1. The molecule has 0 saturated carbocycles. The second-order valence-corrected chi connectivity index (χ2v) is 5.49. The van der Waals surface area contributed by atoms with Crippen LogP contribution < -0.4 is 5.32 Å². The van der Waals surface area contributed by atoms with Crippen molar-refractivity contribution in [2.75, 3.05) is 5.32 Å². The Kier molecular flexibility index (Phi) is 4.41. The van der Waals surface area contributed by atoms with Crippen molar-refractivity contribution in [3.63, 3.8) is 0 Å². The number of halogens is 1. The lowest BCUT2D eigenvalue weighted by atomic mass is 10.2. The fourth-order valence-corrected chi connectivity index (χ4v) is 2.37. The Balaban J connectivity index is 1.81. The highest BCUT2D eigenvalue weighted by Gasteiger charge is 2.14. The topological polar surface area (TPSA) is 64.7 Å². The van der Waals surface area contributed by atoms with Crippen LogP contribution >= 0.6 is 0 Å². The van der Waals surface area contributed by atoms with Gasteiger partial charge in [0.1, 0.15) is 17.3 Å². The molecule has 0 fully saturated rings. The van der Waals surface area contributed by atoms with E-state index in [1.807, 2.05) is 13.8 Å². The fourth-order valence-electron chi connectivity index (χ4n) is 2.37. The minimum Gasteiger partial charge on any atom is -0.307 e. The summed E-state index contributed by atoms with van der Waals surface area (Å²) >= 11 is 0. The number of amides is 1. The number of nitrogens with zero attached hydrogens (tertiary/aromatic N) is 4. The summed E-state index contributed by atoms with van der Waals surface area (Å²) in [5, 5.41) is 11.0. The van der Waals surface area contributed by atoms with Crippen LogP contribution in [0.5, 0.6) is 0 Å². The van der Waals surface area contributed by atoms with Crippen LogP contribution in [0.25, 0.3) is 5.69 Å². The number of rotatable bonds is 5. The van der Waals surface area contributed by atoms with Crippen molar-refractivity contribution in [3.05, 3.63) is 60.3 Å². The van der Waals surface area contributed by atoms with E-state index in [0.29, 0.717) is 11.5 Å². The van der Waals surface area contributed by atoms with Gasteiger partial charge in [0, 0.05) is 24.0 Å². The van der Waals surface area contributed by atoms with Crippen molar-refractivity contribution in [1.82, 2.24) is 19.6 Å². The molecule has 0 saturated heterocycles. The lowest BCUT2D eigenvalue weighted by molar-refractivity contribution is 0.102. The minimum absolute atomic E-state index is 0.161. The number of nitrogens with one attached hydrogen (secondary N) is 1. The van der Waals surface area contributed by atoms with Crippen LogP contribution in [0.2, 0.25) is 0 Å². The molecule has 1 atom stereocenters. The normalized spacial score (nSPS) is 12.1. The molecule has 0 aliphatic rings. The van der Waals surface area contributed by atoms with Gasteiger partial charge in [-0.15, -0.1) is 0 Å².